The minimum absolute atomic E-state index is 0. The highest BCUT2D eigenvalue weighted by atomic mass is 127. The topological polar surface area (TPSA) is 48.9 Å². The predicted octanol–water partition coefficient (Wildman–Crippen LogP) is 3.88. The van der Waals surface area contributed by atoms with Gasteiger partial charge in [0.25, 0.3) is 0 Å². The van der Waals surface area contributed by atoms with E-state index >= 15 is 0 Å². The highest BCUT2D eigenvalue weighted by Crippen LogP contribution is 2.26. The molecule has 0 spiro atoms. The number of halogens is 1. The first-order valence-corrected chi connectivity index (χ1v) is 10.6. The maximum atomic E-state index is 5.73. The van der Waals surface area contributed by atoms with Gasteiger partial charge in [0.1, 0.15) is 0 Å². The van der Waals surface area contributed by atoms with E-state index in [2.05, 4.69) is 71.2 Å². The van der Waals surface area contributed by atoms with E-state index in [9.17, 15) is 0 Å². The molecule has 5 nitrogen and oxygen atoms in total. The molecule has 1 aliphatic heterocycles. The van der Waals surface area contributed by atoms with Gasteiger partial charge in [-0.1, -0.05) is 36.4 Å². The van der Waals surface area contributed by atoms with E-state index in [1.165, 1.54) is 10.4 Å². The molecule has 1 fully saturated rings. The van der Waals surface area contributed by atoms with Crippen molar-refractivity contribution in [3.8, 4) is 0 Å². The van der Waals surface area contributed by atoms with Crippen molar-refractivity contribution in [3.05, 3.63) is 58.3 Å². The molecule has 7 heteroatoms. The second kappa shape index (κ2) is 12.4. The SMILES string of the molecule is CCNC(=NCc1ccccc1)NCC(c1cccs1)N1CCOC(C)C1.I. The second-order valence-electron chi connectivity index (χ2n) is 6.77. The number of aliphatic imine (C=N–C) groups is 1. The van der Waals surface area contributed by atoms with Crippen LogP contribution in [0.1, 0.15) is 30.3 Å². The van der Waals surface area contributed by atoms with Crippen LogP contribution in [0.4, 0.5) is 0 Å². The van der Waals surface area contributed by atoms with E-state index in [1.54, 1.807) is 0 Å². The fraction of sp³-hybridized carbons (Fsp3) is 0.476. The van der Waals surface area contributed by atoms with Crippen molar-refractivity contribution in [1.29, 1.82) is 0 Å². The molecule has 2 atom stereocenters. The normalized spacial score (nSPS) is 18.9. The third-order valence-corrected chi connectivity index (χ3v) is 5.63. The zero-order chi connectivity index (χ0) is 18.9. The van der Waals surface area contributed by atoms with Crippen LogP contribution in [0.3, 0.4) is 0 Å². The molecule has 0 saturated carbocycles. The van der Waals surface area contributed by atoms with Gasteiger partial charge in [0.2, 0.25) is 0 Å². The molecule has 1 saturated heterocycles. The summed E-state index contributed by atoms with van der Waals surface area (Å²) >= 11 is 1.82. The lowest BCUT2D eigenvalue weighted by atomic mass is 10.1. The van der Waals surface area contributed by atoms with Gasteiger partial charge in [-0.15, -0.1) is 35.3 Å². The summed E-state index contributed by atoms with van der Waals surface area (Å²) in [6.07, 6.45) is 0.279. The minimum atomic E-state index is 0. The first-order valence-electron chi connectivity index (χ1n) is 9.71. The largest absolute Gasteiger partial charge is 0.376 e. The Hall–Kier alpha value is -1.16. The number of benzene rings is 1. The number of thiophene rings is 1. The Balaban J connectivity index is 0.00000280. The van der Waals surface area contributed by atoms with Crippen molar-refractivity contribution in [3.63, 3.8) is 0 Å². The van der Waals surface area contributed by atoms with Gasteiger partial charge in [-0.05, 0) is 30.9 Å². The van der Waals surface area contributed by atoms with Crippen LogP contribution in [0.15, 0.2) is 52.8 Å². The molecule has 154 valence electrons. The molecule has 0 radical (unpaired) electrons. The Morgan fingerprint density at radius 1 is 1.25 bits per heavy atom. The Bertz CT molecular complexity index is 696. The first-order chi connectivity index (χ1) is 13.3. The van der Waals surface area contributed by atoms with Crippen LogP contribution in [-0.2, 0) is 11.3 Å². The number of hydrogen-bond donors (Lipinski definition) is 2. The number of hydrogen-bond acceptors (Lipinski definition) is 4. The molecule has 0 amide bonds. The second-order valence-corrected chi connectivity index (χ2v) is 7.75. The molecule has 1 aromatic carbocycles. The van der Waals surface area contributed by atoms with E-state index in [0.29, 0.717) is 12.6 Å². The lowest BCUT2D eigenvalue weighted by Gasteiger charge is -2.37. The summed E-state index contributed by atoms with van der Waals surface area (Å²) in [5.74, 6) is 0.865. The van der Waals surface area contributed by atoms with E-state index in [-0.39, 0.29) is 30.1 Å². The van der Waals surface area contributed by atoms with Gasteiger partial charge in [0.05, 0.1) is 25.3 Å². The molecule has 2 unspecified atom stereocenters. The Morgan fingerprint density at radius 2 is 2.07 bits per heavy atom. The maximum absolute atomic E-state index is 5.73. The van der Waals surface area contributed by atoms with Crippen molar-refractivity contribution in [2.24, 2.45) is 4.99 Å². The van der Waals surface area contributed by atoms with Gasteiger partial charge in [-0.3, -0.25) is 4.90 Å². The van der Waals surface area contributed by atoms with Crippen molar-refractivity contribution >= 4 is 41.3 Å². The molecule has 2 heterocycles. The van der Waals surface area contributed by atoms with Gasteiger partial charge < -0.3 is 15.4 Å². The van der Waals surface area contributed by atoms with Gasteiger partial charge in [-0.2, -0.15) is 0 Å². The van der Waals surface area contributed by atoms with E-state index in [1.807, 2.05) is 17.4 Å². The zero-order valence-corrected chi connectivity index (χ0v) is 19.8. The lowest BCUT2D eigenvalue weighted by molar-refractivity contribution is -0.0334. The zero-order valence-electron chi connectivity index (χ0n) is 16.6. The predicted molar refractivity (Wildman–Crippen MR) is 129 cm³/mol. The van der Waals surface area contributed by atoms with Gasteiger partial charge in [-0.25, -0.2) is 4.99 Å². The van der Waals surface area contributed by atoms with Crippen LogP contribution < -0.4 is 10.6 Å². The van der Waals surface area contributed by atoms with Crippen molar-refractivity contribution in [2.45, 2.75) is 32.5 Å². The van der Waals surface area contributed by atoms with Crippen LogP contribution in [0.2, 0.25) is 0 Å². The molecule has 28 heavy (non-hydrogen) atoms. The molecule has 0 bridgehead atoms. The number of morpholine rings is 1. The van der Waals surface area contributed by atoms with Crippen LogP contribution in [0.25, 0.3) is 0 Å². The van der Waals surface area contributed by atoms with Gasteiger partial charge in [0, 0.05) is 31.1 Å². The summed E-state index contributed by atoms with van der Waals surface area (Å²) in [6.45, 7) is 9.32. The number of rotatable bonds is 7. The van der Waals surface area contributed by atoms with Crippen LogP contribution in [-0.4, -0.2) is 49.7 Å². The van der Waals surface area contributed by atoms with Gasteiger partial charge >= 0.3 is 0 Å². The number of ether oxygens (including phenoxy) is 1. The summed E-state index contributed by atoms with van der Waals surface area (Å²) < 4.78 is 5.73. The van der Waals surface area contributed by atoms with Crippen molar-refractivity contribution in [2.75, 3.05) is 32.8 Å². The number of guanidine groups is 1. The Morgan fingerprint density at radius 3 is 2.75 bits per heavy atom. The molecular weight excluding hydrogens is 483 g/mol. The first kappa shape index (κ1) is 23.1. The summed E-state index contributed by atoms with van der Waals surface area (Å²) in [6, 6.07) is 15.0. The molecule has 2 aromatic rings. The van der Waals surface area contributed by atoms with Crippen LogP contribution in [0.5, 0.6) is 0 Å². The smallest absolute Gasteiger partial charge is 0.191 e. The van der Waals surface area contributed by atoms with Crippen LogP contribution in [0, 0.1) is 0 Å². The molecule has 2 N–H and O–H groups in total. The highest BCUT2D eigenvalue weighted by Gasteiger charge is 2.26. The van der Waals surface area contributed by atoms with E-state index < -0.39 is 0 Å². The Labute approximate surface area is 189 Å². The van der Waals surface area contributed by atoms with Crippen molar-refractivity contribution in [1.82, 2.24) is 15.5 Å². The quantitative estimate of drug-likeness (QED) is 0.335. The average molecular weight is 514 g/mol. The van der Waals surface area contributed by atoms with E-state index in [4.69, 9.17) is 9.73 Å². The molecule has 1 aliphatic rings. The summed E-state index contributed by atoms with van der Waals surface area (Å²) in [4.78, 5) is 8.66. The third kappa shape index (κ3) is 7.02. The summed E-state index contributed by atoms with van der Waals surface area (Å²) in [7, 11) is 0. The molecule has 1 aromatic heterocycles. The number of nitrogens with one attached hydrogen (secondary N) is 2. The monoisotopic (exact) mass is 514 g/mol. The fourth-order valence-corrected chi connectivity index (χ4v) is 4.17. The summed E-state index contributed by atoms with van der Waals surface area (Å²) in [5, 5.41) is 9.07. The fourth-order valence-electron chi connectivity index (χ4n) is 3.31. The molecule has 3 rings (SSSR count). The van der Waals surface area contributed by atoms with Gasteiger partial charge in [0.15, 0.2) is 5.96 Å². The molecular formula is C21H31IN4OS. The number of nitrogens with zero attached hydrogens (tertiary/aromatic N) is 2. The standard InChI is InChI=1S/C21H30N4OS.HI/c1-3-22-21(23-14-18-8-5-4-6-9-18)24-15-19(20-10-7-13-27-20)25-11-12-26-17(2)16-25;/h4-10,13,17,19H,3,11-12,14-16H2,1-2H3,(H2,22,23,24);1H. The average Bonchev–Trinajstić information content (AvgIpc) is 3.21. The van der Waals surface area contributed by atoms with E-state index in [0.717, 1.165) is 38.7 Å². The summed E-state index contributed by atoms with van der Waals surface area (Å²) in [5.41, 5.74) is 1.21. The lowest BCUT2D eigenvalue weighted by Crippen LogP contribution is -2.48. The third-order valence-electron chi connectivity index (χ3n) is 4.65. The maximum Gasteiger partial charge on any atom is 0.191 e. The molecule has 0 aliphatic carbocycles. The van der Waals surface area contributed by atoms with Crippen molar-refractivity contribution < 1.29 is 4.74 Å². The highest BCUT2D eigenvalue weighted by molar-refractivity contribution is 14.0. The van der Waals surface area contributed by atoms with Crippen LogP contribution >= 0.6 is 35.3 Å². The minimum Gasteiger partial charge on any atom is -0.376 e. The Kier molecular flexibility index (Phi) is 10.3.